The molecule has 2 aromatic heterocycles. The smallest absolute Gasteiger partial charge is 0.303 e. The zero-order valence-corrected chi connectivity index (χ0v) is 20.4. The molecule has 0 spiro atoms. The van der Waals surface area contributed by atoms with E-state index in [1.54, 1.807) is 24.3 Å². The summed E-state index contributed by atoms with van der Waals surface area (Å²) in [5.41, 5.74) is 3.59. The number of hydrogen-bond donors (Lipinski definition) is 1. The van der Waals surface area contributed by atoms with Gasteiger partial charge in [-0.2, -0.15) is 0 Å². The highest BCUT2D eigenvalue weighted by Crippen LogP contribution is 2.28. The van der Waals surface area contributed by atoms with E-state index in [0.29, 0.717) is 58.7 Å². The maximum absolute atomic E-state index is 13.6. The lowest BCUT2D eigenvalue weighted by Gasteiger charge is -2.14. The second-order valence-electron chi connectivity index (χ2n) is 8.90. The Labute approximate surface area is 217 Å². The molecule has 0 aliphatic heterocycles. The number of halogens is 1. The third kappa shape index (κ3) is 5.15. The summed E-state index contributed by atoms with van der Waals surface area (Å²) in [5.74, 6) is -0.288. The van der Waals surface area contributed by atoms with Gasteiger partial charge in [0.1, 0.15) is 17.3 Å². The van der Waals surface area contributed by atoms with Crippen LogP contribution < -0.4 is 5.56 Å². The van der Waals surface area contributed by atoms with Crippen molar-refractivity contribution in [1.82, 2.24) is 14.7 Å². The number of aryl methyl sites for hydroxylation is 1. The van der Waals surface area contributed by atoms with Crippen molar-refractivity contribution in [2.75, 3.05) is 0 Å². The van der Waals surface area contributed by atoms with Gasteiger partial charge in [-0.15, -0.1) is 0 Å². The van der Waals surface area contributed by atoms with Gasteiger partial charge in [0.15, 0.2) is 5.76 Å². The molecule has 0 saturated heterocycles. The van der Waals surface area contributed by atoms with Crippen molar-refractivity contribution in [2.24, 2.45) is 0 Å². The van der Waals surface area contributed by atoms with Crippen LogP contribution in [0.3, 0.4) is 0 Å². The molecular formula is C30H24FN3O4. The fraction of sp³-hybridized carbons (Fsp3) is 0.133. The SMILES string of the molecule is C=C(c1ccccc1)c1cc(-c2ccc3c(=O)n(-c4ccc(F)cc4)c(CCCCC(=O)O)nc3c2)no1. The number of hydrogen-bond acceptors (Lipinski definition) is 5. The maximum Gasteiger partial charge on any atom is 0.303 e. The van der Waals surface area contributed by atoms with Crippen LogP contribution in [0, 0.1) is 5.82 Å². The summed E-state index contributed by atoms with van der Waals surface area (Å²) in [6.07, 6.45) is 1.38. The summed E-state index contributed by atoms with van der Waals surface area (Å²) in [4.78, 5) is 29.3. The number of aliphatic carboxylic acids is 1. The van der Waals surface area contributed by atoms with Gasteiger partial charge in [-0.3, -0.25) is 14.2 Å². The summed E-state index contributed by atoms with van der Waals surface area (Å²) in [5, 5.41) is 13.6. The van der Waals surface area contributed by atoms with Crippen LogP contribution in [-0.4, -0.2) is 25.8 Å². The molecule has 0 fully saturated rings. The van der Waals surface area contributed by atoms with Crippen molar-refractivity contribution in [3.8, 4) is 16.9 Å². The monoisotopic (exact) mass is 509 g/mol. The second-order valence-corrected chi connectivity index (χ2v) is 8.90. The van der Waals surface area contributed by atoms with Crippen LogP contribution in [0.15, 0.2) is 94.8 Å². The Hall–Kier alpha value is -4.85. The Morgan fingerprint density at radius 3 is 2.50 bits per heavy atom. The van der Waals surface area contributed by atoms with Gasteiger partial charge in [0.2, 0.25) is 0 Å². The van der Waals surface area contributed by atoms with Gasteiger partial charge in [-0.05, 0) is 54.8 Å². The van der Waals surface area contributed by atoms with Crippen LogP contribution in [0.2, 0.25) is 0 Å². The van der Waals surface area contributed by atoms with E-state index in [1.807, 2.05) is 30.3 Å². The minimum Gasteiger partial charge on any atom is -0.481 e. The Bertz CT molecular complexity index is 1690. The number of aromatic nitrogens is 3. The minimum atomic E-state index is -0.876. The van der Waals surface area contributed by atoms with Crippen LogP contribution in [0.5, 0.6) is 0 Å². The molecule has 7 nitrogen and oxygen atoms in total. The summed E-state index contributed by atoms with van der Waals surface area (Å²) in [6, 6.07) is 22.3. The maximum atomic E-state index is 13.6. The highest BCUT2D eigenvalue weighted by Gasteiger charge is 2.16. The van der Waals surface area contributed by atoms with Crippen LogP contribution >= 0.6 is 0 Å². The standard InChI is InChI=1S/C30H24FN3O4/c1-19(20-7-3-2-4-8-20)27-18-25(33-38-27)21-11-16-24-26(17-21)32-28(9-5-6-10-29(35)36)34(30(24)37)23-14-12-22(31)13-15-23/h2-4,7-8,11-18H,1,5-6,9-10H2,(H,35,36). The molecule has 1 N–H and O–H groups in total. The van der Waals surface area contributed by atoms with Gasteiger partial charge < -0.3 is 9.63 Å². The normalized spacial score (nSPS) is 11.1. The van der Waals surface area contributed by atoms with Gasteiger partial charge in [0.05, 0.1) is 16.6 Å². The lowest BCUT2D eigenvalue weighted by Crippen LogP contribution is -2.24. The minimum absolute atomic E-state index is 0.0290. The fourth-order valence-electron chi connectivity index (χ4n) is 4.31. The zero-order chi connectivity index (χ0) is 26.6. The molecule has 5 rings (SSSR count). The number of carboxylic acids is 1. The Morgan fingerprint density at radius 2 is 1.76 bits per heavy atom. The number of carboxylic acid groups (broad SMARTS) is 1. The van der Waals surface area contributed by atoms with E-state index in [1.165, 1.54) is 28.8 Å². The molecule has 3 aromatic carbocycles. The van der Waals surface area contributed by atoms with Crippen molar-refractivity contribution in [1.29, 1.82) is 0 Å². The number of rotatable bonds is 9. The Kier molecular flexibility index (Phi) is 6.95. The molecule has 190 valence electrons. The van der Waals surface area contributed by atoms with E-state index in [-0.39, 0.29) is 12.0 Å². The van der Waals surface area contributed by atoms with E-state index in [2.05, 4.69) is 11.7 Å². The van der Waals surface area contributed by atoms with Gasteiger partial charge in [0.25, 0.3) is 5.56 Å². The number of unbranched alkanes of at least 4 members (excludes halogenated alkanes) is 1. The largest absolute Gasteiger partial charge is 0.481 e. The number of carbonyl (C=O) groups is 1. The summed E-state index contributed by atoms with van der Waals surface area (Å²) < 4.78 is 20.6. The van der Waals surface area contributed by atoms with E-state index in [0.717, 1.165) is 11.1 Å². The summed E-state index contributed by atoms with van der Waals surface area (Å²) in [7, 11) is 0. The molecule has 38 heavy (non-hydrogen) atoms. The van der Waals surface area contributed by atoms with Crippen molar-refractivity contribution in [3.05, 3.63) is 119 Å². The van der Waals surface area contributed by atoms with E-state index in [9.17, 15) is 14.0 Å². The molecule has 0 bridgehead atoms. The Balaban J connectivity index is 1.53. The van der Waals surface area contributed by atoms with Crippen molar-refractivity contribution >= 4 is 22.4 Å². The van der Waals surface area contributed by atoms with E-state index >= 15 is 0 Å². The van der Waals surface area contributed by atoms with E-state index < -0.39 is 11.8 Å². The third-order valence-corrected chi connectivity index (χ3v) is 6.29. The van der Waals surface area contributed by atoms with Crippen molar-refractivity contribution < 1.29 is 18.8 Å². The highest BCUT2D eigenvalue weighted by molar-refractivity contribution is 5.84. The van der Waals surface area contributed by atoms with Crippen LogP contribution in [0.25, 0.3) is 33.4 Å². The molecule has 0 atom stereocenters. The lowest BCUT2D eigenvalue weighted by molar-refractivity contribution is -0.137. The van der Waals surface area contributed by atoms with Crippen molar-refractivity contribution in [3.63, 3.8) is 0 Å². The average Bonchev–Trinajstić information content (AvgIpc) is 3.42. The summed E-state index contributed by atoms with van der Waals surface area (Å²) in [6.45, 7) is 4.12. The van der Waals surface area contributed by atoms with E-state index in [4.69, 9.17) is 14.6 Å². The predicted molar refractivity (Wildman–Crippen MR) is 143 cm³/mol. The first-order valence-corrected chi connectivity index (χ1v) is 12.2. The zero-order valence-electron chi connectivity index (χ0n) is 20.4. The molecule has 0 radical (unpaired) electrons. The highest BCUT2D eigenvalue weighted by atomic mass is 19.1. The number of nitrogens with zero attached hydrogens (tertiary/aromatic N) is 3. The second kappa shape index (κ2) is 10.6. The Morgan fingerprint density at radius 1 is 1.00 bits per heavy atom. The molecular weight excluding hydrogens is 485 g/mol. The quantitative estimate of drug-likeness (QED) is 0.243. The van der Waals surface area contributed by atoms with Crippen molar-refractivity contribution in [2.45, 2.75) is 25.7 Å². The molecule has 0 aliphatic rings. The molecule has 8 heteroatoms. The number of benzene rings is 3. The molecule has 5 aromatic rings. The average molecular weight is 510 g/mol. The molecule has 0 saturated carbocycles. The number of fused-ring (bicyclic) bond motifs is 1. The van der Waals surface area contributed by atoms with Gasteiger partial charge >= 0.3 is 5.97 Å². The molecule has 0 aliphatic carbocycles. The molecule has 2 heterocycles. The van der Waals surface area contributed by atoms with Crippen LogP contribution in [0.1, 0.15) is 36.4 Å². The van der Waals surface area contributed by atoms with Gasteiger partial charge in [-0.1, -0.05) is 48.1 Å². The molecule has 0 unspecified atom stereocenters. The molecule has 0 amide bonds. The predicted octanol–water partition coefficient (Wildman–Crippen LogP) is 6.04. The first kappa shape index (κ1) is 24.8. The first-order chi connectivity index (χ1) is 18.4. The van der Waals surface area contributed by atoms with Gasteiger partial charge in [0, 0.05) is 30.0 Å². The fourth-order valence-corrected chi connectivity index (χ4v) is 4.31. The van der Waals surface area contributed by atoms with Crippen LogP contribution in [0.4, 0.5) is 4.39 Å². The third-order valence-electron chi connectivity index (χ3n) is 6.29. The first-order valence-electron chi connectivity index (χ1n) is 12.2. The van der Waals surface area contributed by atoms with Crippen LogP contribution in [-0.2, 0) is 11.2 Å². The lowest BCUT2D eigenvalue weighted by atomic mass is 10.0. The summed E-state index contributed by atoms with van der Waals surface area (Å²) >= 11 is 0. The topological polar surface area (TPSA) is 98.2 Å². The van der Waals surface area contributed by atoms with Gasteiger partial charge in [-0.25, -0.2) is 9.37 Å².